The van der Waals surface area contributed by atoms with Gasteiger partial charge in [0.05, 0.1) is 35.3 Å². The van der Waals surface area contributed by atoms with Crippen LogP contribution in [0.5, 0.6) is 17.2 Å². The van der Waals surface area contributed by atoms with Crippen molar-refractivity contribution in [3.8, 4) is 17.2 Å². The third-order valence-electron chi connectivity index (χ3n) is 3.15. The molecule has 25 heavy (non-hydrogen) atoms. The number of hydrogen-bond acceptors (Lipinski definition) is 4. The van der Waals surface area contributed by atoms with Crippen LogP contribution in [-0.4, -0.2) is 33.0 Å². The smallest absolute Gasteiger partial charge is 0.180 e. The van der Waals surface area contributed by atoms with E-state index in [1.54, 1.807) is 33.5 Å². The number of benzene rings is 2. The van der Waals surface area contributed by atoms with Gasteiger partial charge in [-0.3, -0.25) is 0 Å². The van der Waals surface area contributed by atoms with Crippen molar-refractivity contribution in [2.75, 3.05) is 27.9 Å². The van der Waals surface area contributed by atoms with Crippen LogP contribution in [0, 0.1) is 0 Å². The first-order valence-electron chi connectivity index (χ1n) is 7.08. The van der Waals surface area contributed by atoms with Gasteiger partial charge >= 0.3 is 0 Å². The van der Waals surface area contributed by atoms with Crippen molar-refractivity contribution in [3.63, 3.8) is 0 Å². The van der Waals surface area contributed by atoms with Crippen LogP contribution in [0.4, 0.5) is 0 Å². The fourth-order valence-corrected chi connectivity index (χ4v) is 3.51. The topological polar surface area (TPSA) is 47.9 Å². The minimum Gasteiger partial charge on any atom is -0.495 e. The van der Waals surface area contributed by atoms with E-state index in [9.17, 15) is 0 Å². The molecule has 8 heteroatoms. The second-order valence-electron chi connectivity index (χ2n) is 4.61. The normalized spacial score (nSPS) is 9.92. The molecule has 0 aliphatic heterocycles. The summed E-state index contributed by atoms with van der Waals surface area (Å²) >= 11 is 18.5. The van der Waals surface area contributed by atoms with Gasteiger partial charge in [-0.05, 0) is 56.1 Å². The predicted molar refractivity (Wildman–Crippen MR) is 109 cm³/mol. The Kier molecular flexibility index (Phi) is 9.97. The molecule has 138 valence electrons. The molecule has 2 rings (SSSR count). The molecular weight excluding hydrogens is 499 g/mol. The first-order chi connectivity index (χ1) is 11.9. The predicted octanol–water partition coefficient (Wildman–Crippen LogP) is 5.77. The van der Waals surface area contributed by atoms with Gasteiger partial charge in [-0.2, -0.15) is 0 Å². The molecule has 0 aliphatic carbocycles. The monoisotopic (exact) mass is 514 g/mol. The van der Waals surface area contributed by atoms with Gasteiger partial charge in [0, 0.05) is 23.6 Å². The Hall–Kier alpha value is -0.660. The van der Waals surface area contributed by atoms with Crippen LogP contribution >= 0.6 is 55.1 Å². The summed E-state index contributed by atoms with van der Waals surface area (Å²) in [5.74, 6) is 1.86. The number of hydrogen-bond donors (Lipinski definition) is 1. The van der Waals surface area contributed by atoms with Crippen molar-refractivity contribution in [1.82, 2.24) is 0 Å². The first-order valence-corrected chi connectivity index (χ1v) is 9.43. The maximum atomic E-state index is 8.83. The lowest BCUT2D eigenvalue weighted by Gasteiger charge is -2.10. The summed E-state index contributed by atoms with van der Waals surface area (Å²) in [6.07, 6.45) is 0.501. The number of ether oxygens (including phenoxy) is 3. The molecule has 0 spiro atoms. The highest BCUT2D eigenvalue weighted by atomic mass is 79.9. The van der Waals surface area contributed by atoms with Gasteiger partial charge in [0.15, 0.2) is 11.5 Å². The molecule has 0 aliphatic rings. The van der Waals surface area contributed by atoms with Crippen LogP contribution in [-0.2, 0) is 6.42 Å². The summed E-state index contributed by atoms with van der Waals surface area (Å²) < 4.78 is 17.0. The van der Waals surface area contributed by atoms with E-state index < -0.39 is 0 Å². The SMILES string of the molecule is COc1c(Br)ccc(Cl)c1CCO.COc1c(Cl)ccc(Br)c1OC. The van der Waals surface area contributed by atoms with E-state index >= 15 is 0 Å². The fraction of sp³-hybridized carbons (Fsp3) is 0.294. The Morgan fingerprint density at radius 3 is 1.72 bits per heavy atom. The number of rotatable bonds is 5. The number of aliphatic hydroxyl groups is 1. The van der Waals surface area contributed by atoms with E-state index in [1.807, 2.05) is 12.1 Å². The van der Waals surface area contributed by atoms with Crippen LogP contribution < -0.4 is 14.2 Å². The molecule has 0 amide bonds. The molecule has 4 nitrogen and oxygen atoms in total. The molecule has 2 aromatic carbocycles. The molecule has 0 unspecified atom stereocenters. The Labute approximate surface area is 174 Å². The van der Waals surface area contributed by atoms with Crippen molar-refractivity contribution in [2.45, 2.75) is 6.42 Å². The third kappa shape index (κ3) is 5.93. The van der Waals surface area contributed by atoms with Crippen molar-refractivity contribution in [1.29, 1.82) is 0 Å². The van der Waals surface area contributed by atoms with Crippen molar-refractivity contribution >= 4 is 55.1 Å². The molecule has 0 atom stereocenters. The van der Waals surface area contributed by atoms with Crippen LogP contribution in [0.2, 0.25) is 10.0 Å². The summed E-state index contributed by atoms with van der Waals surface area (Å²) in [6.45, 7) is 0.0620. The second-order valence-corrected chi connectivity index (χ2v) is 7.13. The second kappa shape index (κ2) is 11.1. The van der Waals surface area contributed by atoms with Gasteiger partial charge in [-0.1, -0.05) is 23.2 Å². The minimum atomic E-state index is 0.0620. The molecular formula is C17H18Br2Cl2O4. The zero-order valence-corrected chi connectivity index (χ0v) is 18.6. The van der Waals surface area contributed by atoms with Crippen molar-refractivity contribution in [2.24, 2.45) is 0 Å². The molecule has 2 aromatic rings. The standard InChI is InChI=1S/C9H10BrClO2.C8H8BrClO2/c1-13-9-6(4-5-12)8(11)3-2-7(9)10;1-11-7-5(9)3-4-6(10)8(7)12-2/h2-3,12H,4-5H2,1H3;3-4H,1-2H3. The number of halogens is 4. The molecule has 0 heterocycles. The summed E-state index contributed by atoms with van der Waals surface area (Å²) in [4.78, 5) is 0. The van der Waals surface area contributed by atoms with Gasteiger partial charge in [0.1, 0.15) is 5.75 Å². The highest BCUT2D eigenvalue weighted by molar-refractivity contribution is 9.10. The average Bonchev–Trinajstić information content (AvgIpc) is 2.60. The lowest BCUT2D eigenvalue weighted by Crippen LogP contribution is -1.97. The van der Waals surface area contributed by atoms with Gasteiger partial charge in [-0.25, -0.2) is 0 Å². The maximum absolute atomic E-state index is 8.83. The van der Waals surface area contributed by atoms with Crippen molar-refractivity contribution < 1.29 is 19.3 Å². The quantitative estimate of drug-likeness (QED) is 0.548. The zero-order valence-electron chi connectivity index (χ0n) is 13.9. The lowest BCUT2D eigenvalue weighted by molar-refractivity contribution is 0.296. The third-order valence-corrected chi connectivity index (χ3v) is 5.05. The van der Waals surface area contributed by atoms with Crippen LogP contribution in [0.3, 0.4) is 0 Å². The highest BCUT2D eigenvalue weighted by Gasteiger charge is 2.11. The van der Waals surface area contributed by atoms with Crippen LogP contribution in [0.1, 0.15) is 5.56 Å². The number of methoxy groups -OCH3 is 3. The fourth-order valence-electron chi connectivity index (χ4n) is 2.04. The van der Waals surface area contributed by atoms with Crippen molar-refractivity contribution in [3.05, 3.63) is 48.8 Å². The van der Waals surface area contributed by atoms with Gasteiger partial charge < -0.3 is 19.3 Å². The number of aliphatic hydroxyl groups excluding tert-OH is 1. The Bertz CT molecular complexity index is 683. The lowest BCUT2D eigenvalue weighted by atomic mass is 10.1. The molecule has 0 fully saturated rings. The van der Waals surface area contributed by atoms with Gasteiger partial charge in [0.2, 0.25) is 0 Å². The van der Waals surface area contributed by atoms with Gasteiger partial charge in [0.25, 0.3) is 0 Å². The van der Waals surface area contributed by atoms with E-state index in [1.165, 1.54) is 0 Å². The zero-order chi connectivity index (χ0) is 19.0. The average molecular weight is 517 g/mol. The summed E-state index contributed by atoms with van der Waals surface area (Å²) in [7, 11) is 4.70. The first kappa shape index (κ1) is 22.4. The maximum Gasteiger partial charge on any atom is 0.180 e. The molecule has 0 saturated heterocycles. The van der Waals surface area contributed by atoms with Crippen LogP contribution in [0.15, 0.2) is 33.2 Å². The Morgan fingerprint density at radius 2 is 1.28 bits per heavy atom. The largest absolute Gasteiger partial charge is 0.495 e. The van der Waals surface area contributed by atoms with E-state index in [0.717, 1.165) is 14.5 Å². The van der Waals surface area contributed by atoms with E-state index in [2.05, 4.69) is 31.9 Å². The minimum absolute atomic E-state index is 0.0620. The van der Waals surface area contributed by atoms with Crippen LogP contribution in [0.25, 0.3) is 0 Å². The Morgan fingerprint density at radius 1 is 0.800 bits per heavy atom. The summed E-state index contributed by atoms with van der Waals surface area (Å²) in [6, 6.07) is 7.15. The highest BCUT2D eigenvalue weighted by Crippen LogP contribution is 2.40. The molecule has 0 saturated carbocycles. The summed E-state index contributed by atoms with van der Waals surface area (Å²) in [5, 5.41) is 9.98. The van der Waals surface area contributed by atoms with E-state index in [-0.39, 0.29) is 6.61 Å². The summed E-state index contributed by atoms with van der Waals surface area (Å²) in [5.41, 5.74) is 0.834. The molecule has 0 bridgehead atoms. The van der Waals surface area contributed by atoms with Gasteiger partial charge in [-0.15, -0.1) is 0 Å². The van der Waals surface area contributed by atoms with E-state index in [0.29, 0.717) is 33.7 Å². The molecule has 0 radical (unpaired) electrons. The molecule has 1 N–H and O–H groups in total. The Balaban J connectivity index is 0.000000251. The van der Waals surface area contributed by atoms with E-state index in [4.69, 9.17) is 42.5 Å². The molecule has 0 aromatic heterocycles.